The number of halogens is 1. The van der Waals surface area contributed by atoms with Gasteiger partial charge in [-0.15, -0.1) is 0 Å². The number of benzene rings is 2. The molecule has 1 saturated heterocycles. The second-order valence-electron chi connectivity index (χ2n) is 6.40. The van der Waals surface area contributed by atoms with E-state index in [0.717, 1.165) is 5.69 Å². The van der Waals surface area contributed by atoms with Gasteiger partial charge in [0.15, 0.2) is 5.17 Å². The molecular weight excluding hydrogens is 393 g/mol. The Hall–Kier alpha value is -2.71. The number of methoxy groups -OCH3 is 1. The fourth-order valence-electron chi connectivity index (χ4n) is 2.84. The van der Waals surface area contributed by atoms with Crippen molar-refractivity contribution in [2.75, 3.05) is 25.6 Å². The molecule has 0 spiro atoms. The molecule has 0 unspecified atom stereocenters. The third-order valence-electron chi connectivity index (χ3n) is 4.25. The van der Waals surface area contributed by atoms with Crippen LogP contribution in [0.2, 0.25) is 0 Å². The average molecular weight is 415 g/mol. The quantitative estimate of drug-likeness (QED) is 0.666. The zero-order valence-corrected chi connectivity index (χ0v) is 16.8. The number of thioether (sulfide) groups is 1. The van der Waals surface area contributed by atoms with E-state index in [1.165, 1.54) is 23.9 Å². The number of amides is 2. The Balaban J connectivity index is 1.72. The highest BCUT2D eigenvalue weighted by Crippen LogP contribution is 2.32. The van der Waals surface area contributed by atoms with Crippen molar-refractivity contribution in [1.82, 2.24) is 4.90 Å². The molecule has 1 fully saturated rings. The number of aliphatic imine (C=N–C) groups is 1. The minimum Gasteiger partial charge on any atom is -0.385 e. The standard InChI is InChI=1S/C21H22FN3O3S/c1-28-13-7-12-25-20(27)18(29-21(25)23-15-8-3-2-4-9-15)14-19(26)24-17-11-6-5-10-16(17)22/h2-6,8-11,18H,7,12-14H2,1H3,(H,24,26)/t18-/m1/s1. The molecule has 8 heteroatoms. The first-order valence-electron chi connectivity index (χ1n) is 9.23. The van der Waals surface area contributed by atoms with Gasteiger partial charge >= 0.3 is 0 Å². The Labute approximate surface area is 173 Å². The van der Waals surface area contributed by atoms with Crippen LogP contribution < -0.4 is 5.32 Å². The molecule has 0 saturated carbocycles. The molecule has 0 aromatic heterocycles. The van der Waals surface area contributed by atoms with Gasteiger partial charge in [-0.1, -0.05) is 42.1 Å². The van der Waals surface area contributed by atoms with E-state index in [4.69, 9.17) is 4.74 Å². The fourth-order valence-corrected chi connectivity index (χ4v) is 4.03. The van der Waals surface area contributed by atoms with Crippen LogP contribution in [0.5, 0.6) is 0 Å². The smallest absolute Gasteiger partial charge is 0.242 e. The number of amidine groups is 1. The summed E-state index contributed by atoms with van der Waals surface area (Å²) in [6.45, 7) is 0.974. The SMILES string of the molecule is COCCCN1C(=O)[C@@H](CC(=O)Nc2ccccc2F)SC1=Nc1ccccc1. The largest absolute Gasteiger partial charge is 0.385 e. The van der Waals surface area contributed by atoms with Crippen LogP contribution in [0.25, 0.3) is 0 Å². The van der Waals surface area contributed by atoms with Gasteiger partial charge in [0.2, 0.25) is 11.8 Å². The maximum absolute atomic E-state index is 13.8. The highest BCUT2D eigenvalue weighted by atomic mass is 32.2. The van der Waals surface area contributed by atoms with Gasteiger partial charge in [0.05, 0.1) is 11.4 Å². The first-order valence-corrected chi connectivity index (χ1v) is 10.1. The summed E-state index contributed by atoms with van der Waals surface area (Å²) in [5.41, 5.74) is 0.832. The van der Waals surface area contributed by atoms with E-state index in [1.54, 1.807) is 24.1 Å². The van der Waals surface area contributed by atoms with Crippen molar-refractivity contribution in [3.8, 4) is 0 Å². The van der Waals surface area contributed by atoms with E-state index < -0.39 is 17.0 Å². The van der Waals surface area contributed by atoms with Crippen LogP contribution in [0.1, 0.15) is 12.8 Å². The summed E-state index contributed by atoms with van der Waals surface area (Å²) in [6.07, 6.45) is 0.594. The number of carbonyl (C=O) groups excluding carboxylic acids is 2. The minimum absolute atomic E-state index is 0.0631. The number of nitrogens with zero attached hydrogens (tertiary/aromatic N) is 2. The van der Waals surface area contributed by atoms with E-state index in [1.807, 2.05) is 30.3 Å². The van der Waals surface area contributed by atoms with E-state index in [2.05, 4.69) is 10.3 Å². The molecule has 152 valence electrons. The van der Waals surface area contributed by atoms with Crippen LogP contribution in [-0.2, 0) is 14.3 Å². The van der Waals surface area contributed by atoms with Gasteiger partial charge < -0.3 is 10.1 Å². The summed E-state index contributed by atoms with van der Waals surface area (Å²) >= 11 is 1.25. The molecule has 0 radical (unpaired) electrons. The Bertz CT molecular complexity index is 892. The number of hydrogen-bond acceptors (Lipinski definition) is 5. The summed E-state index contributed by atoms with van der Waals surface area (Å²) in [5.74, 6) is -1.11. The lowest BCUT2D eigenvalue weighted by atomic mass is 10.2. The first-order chi connectivity index (χ1) is 14.1. The van der Waals surface area contributed by atoms with Crippen LogP contribution in [0.3, 0.4) is 0 Å². The minimum atomic E-state index is -0.605. The molecule has 3 rings (SSSR count). The van der Waals surface area contributed by atoms with Gasteiger partial charge in [-0.05, 0) is 30.7 Å². The van der Waals surface area contributed by atoms with E-state index >= 15 is 0 Å². The van der Waals surface area contributed by atoms with Gasteiger partial charge in [-0.2, -0.15) is 0 Å². The molecule has 1 N–H and O–H groups in total. The van der Waals surface area contributed by atoms with Gasteiger partial charge in [0.1, 0.15) is 11.1 Å². The highest BCUT2D eigenvalue weighted by molar-refractivity contribution is 8.15. The first kappa shape index (κ1) is 21.0. The van der Waals surface area contributed by atoms with Crippen LogP contribution in [0.4, 0.5) is 15.8 Å². The Morgan fingerprint density at radius 1 is 1.21 bits per heavy atom. The molecule has 2 aromatic rings. The van der Waals surface area contributed by atoms with Crippen LogP contribution >= 0.6 is 11.8 Å². The number of anilines is 1. The van der Waals surface area contributed by atoms with Crippen LogP contribution in [-0.4, -0.2) is 47.4 Å². The monoisotopic (exact) mass is 415 g/mol. The molecule has 1 heterocycles. The number of nitrogens with one attached hydrogen (secondary N) is 1. The zero-order chi connectivity index (χ0) is 20.6. The molecule has 29 heavy (non-hydrogen) atoms. The lowest BCUT2D eigenvalue weighted by Gasteiger charge is -2.16. The van der Waals surface area contributed by atoms with Gasteiger partial charge in [0.25, 0.3) is 0 Å². The van der Waals surface area contributed by atoms with Gasteiger partial charge in [-0.3, -0.25) is 14.5 Å². The maximum atomic E-state index is 13.8. The number of carbonyl (C=O) groups is 2. The second kappa shape index (κ2) is 10.2. The molecule has 2 amide bonds. The number of para-hydroxylation sites is 2. The van der Waals surface area contributed by atoms with Crippen molar-refractivity contribution < 1.29 is 18.7 Å². The predicted molar refractivity (Wildman–Crippen MR) is 113 cm³/mol. The van der Waals surface area contributed by atoms with Crippen LogP contribution in [0.15, 0.2) is 59.6 Å². The molecule has 1 aliphatic rings. The Morgan fingerprint density at radius 3 is 2.66 bits per heavy atom. The molecule has 0 bridgehead atoms. The van der Waals surface area contributed by atoms with Crippen molar-refractivity contribution in [3.63, 3.8) is 0 Å². The lowest BCUT2D eigenvalue weighted by Crippen LogP contribution is -2.34. The summed E-state index contributed by atoms with van der Waals surface area (Å²) in [7, 11) is 1.61. The van der Waals surface area contributed by atoms with Crippen LogP contribution in [0, 0.1) is 5.82 Å². The molecule has 2 aromatic carbocycles. The Morgan fingerprint density at radius 2 is 1.93 bits per heavy atom. The molecular formula is C21H22FN3O3S. The Kier molecular flexibility index (Phi) is 7.37. The van der Waals surface area contributed by atoms with Crippen molar-refractivity contribution in [2.45, 2.75) is 18.1 Å². The van der Waals surface area contributed by atoms with Crippen molar-refractivity contribution in [2.24, 2.45) is 4.99 Å². The third-order valence-corrected chi connectivity index (χ3v) is 5.43. The fraction of sp³-hybridized carbons (Fsp3) is 0.286. The molecule has 1 atom stereocenters. The average Bonchev–Trinajstić information content (AvgIpc) is 2.99. The topological polar surface area (TPSA) is 71.0 Å². The number of hydrogen-bond donors (Lipinski definition) is 1. The highest BCUT2D eigenvalue weighted by Gasteiger charge is 2.38. The summed E-state index contributed by atoms with van der Waals surface area (Å²) in [6, 6.07) is 15.3. The molecule has 0 aliphatic carbocycles. The molecule has 1 aliphatic heterocycles. The summed E-state index contributed by atoms with van der Waals surface area (Å²) in [5, 5.41) is 2.48. The predicted octanol–water partition coefficient (Wildman–Crippen LogP) is 3.82. The second-order valence-corrected chi connectivity index (χ2v) is 7.57. The van der Waals surface area contributed by atoms with E-state index in [-0.39, 0.29) is 18.0 Å². The van der Waals surface area contributed by atoms with Crippen molar-refractivity contribution in [1.29, 1.82) is 0 Å². The number of rotatable bonds is 8. The maximum Gasteiger partial charge on any atom is 0.242 e. The van der Waals surface area contributed by atoms with E-state index in [9.17, 15) is 14.0 Å². The summed E-state index contributed by atoms with van der Waals surface area (Å²) < 4.78 is 18.8. The normalized spacial score (nSPS) is 17.7. The zero-order valence-electron chi connectivity index (χ0n) is 16.0. The lowest BCUT2D eigenvalue weighted by molar-refractivity contribution is -0.128. The van der Waals surface area contributed by atoms with E-state index in [0.29, 0.717) is 24.7 Å². The van der Waals surface area contributed by atoms with Crippen molar-refractivity contribution >= 4 is 40.1 Å². The third kappa shape index (κ3) is 5.65. The molecule has 6 nitrogen and oxygen atoms in total. The van der Waals surface area contributed by atoms with Gasteiger partial charge in [0, 0.05) is 26.7 Å². The number of ether oxygens (including phenoxy) is 1. The summed E-state index contributed by atoms with van der Waals surface area (Å²) in [4.78, 5) is 31.4. The van der Waals surface area contributed by atoms with Gasteiger partial charge in [-0.25, -0.2) is 9.38 Å². The van der Waals surface area contributed by atoms with Crippen molar-refractivity contribution in [3.05, 3.63) is 60.4 Å².